The second-order valence-corrected chi connectivity index (χ2v) is 8.31. The fourth-order valence-electron chi connectivity index (χ4n) is 3.93. The summed E-state index contributed by atoms with van der Waals surface area (Å²) < 4.78 is 5.65. The first-order chi connectivity index (χ1) is 13.8. The van der Waals surface area contributed by atoms with E-state index in [4.69, 9.17) is 9.40 Å². The predicted octanol–water partition coefficient (Wildman–Crippen LogP) is 3.70. The minimum Gasteiger partial charge on any atom is -0.455 e. The smallest absolute Gasteiger partial charge is 0.287 e. The second kappa shape index (κ2) is 9.39. The van der Waals surface area contributed by atoms with Gasteiger partial charge in [-0.1, -0.05) is 19.3 Å². The van der Waals surface area contributed by atoms with E-state index in [9.17, 15) is 4.79 Å². The number of carbonyl (C=O) groups excluding carboxylic acids is 1. The van der Waals surface area contributed by atoms with E-state index in [1.54, 1.807) is 6.07 Å². The van der Waals surface area contributed by atoms with E-state index in [0.29, 0.717) is 18.3 Å². The summed E-state index contributed by atoms with van der Waals surface area (Å²) in [5, 5.41) is 2.99. The first-order valence-corrected chi connectivity index (χ1v) is 10.5. The summed E-state index contributed by atoms with van der Waals surface area (Å²) in [5.74, 6) is 1.62. The molecular weight excluding hydrogens is 366 g/mol. The second-order valence-electron chi connectivity index (χ2n) is 8.31. The van der Waals surface area contributed by atoms with Crippen LogP contribution < -0.4 is 10.2 Å². The maximum atomic E-state index is 12.6. The van der Waals surface area contributed by atoms with Gasteiger partial charge in [-0.05, 0) is 52.9 Å². The van der Waals surface area contributed by atoms with Gasteiger partial charge in [0.1, 0.15) is 5.76 Å². The number of carbonyl (C=O) groups is 1. The molecule has 1 fully saturated rings. The molecule has 7 nitrogen and oxygen atoms in total. The lowest BCUT2D eigenvalue weighted by atomic mass is 9.95. The number of nitrogens with zero attached hydrogens (tertiary/aromatic N) is 4. The Kier molecular flexibility index (Phi) is 6.90. The summed E-state index contributed by atoms with van der Waals surface area (Å²) in [6.07, 6.45) is 8.11. The summed E-state index contributed by atoms with van der Waals surface area (Å²) in [6, 6.07) is 3.86. The van der Waals surface area contributed by atoms with Crippen molar-refractivity contribution in [1.82, 2.24) is 20.2 Å². The standard InChI is InChI=1S/C22H33N5O2/c1-15(24-21(28)20-12-11-18(29-20)14-26(3)4)19-13-23-22(25-16(19)2)27(5)17-9-7-6-8-10-17/h11-13,15,17H,6-10,14H2,1-5H3,(H,24,28)/t15-/m0/s1. The highest BCUT2D eigenvalue weighted by Gasteiger charge is 2.22. The Labute approximate surface area is 173 Å². The Hall–Kier alpha value is -2.41. The van der Waals surface area contributed by atoms with Crippen LogP contribution in [0.15, 0.2) is 22.7 Å². The van der Waals surface area contributed by atoms with Gasteiger partial charge >= 0.3 is 0 Å². The van der Waals surface area contributed by atoms with Crippen molar-refractivity contribution in [2.45, 2.75) is 64.6 Å². The molecule has 1 atom stereocenters. The highest BCUT2D eigenvalue weighted by Crippen LogP contribution is 2.25. The Morgan fingerprint density at radius 2 is 1.97 bits per heavy atom. The molecule has 1 N–H and O–H groups in total. The molecule has 1 aliphatic carbocycles. The lowest BCUT2D eigenvalue weighted by Gasteiger charge is -2.31. The summed E-state index contributed by atoms with van der Waals surface area (Å²) in [5.41, 5.74) is 1.80. The number of anilines is 1. The average Bonchev–Trinajstić information content (AvgIpc) is 3.15. The van der Waals surface area contributed by atoms with Crippen LogP contribution in [-0.2, 0) is 6.54 Å². The van der Waals surface area contributed by atoms with Gasteiger partial charge in [-0.3, -0.25) is 4.79 Å². The van der Waals surface area contributed by atoms with Crippen molar-refractivity contribution in [3.63, 3.8) is 0 Å². The predicted molar refractivity (Wildman–Crippen MR) is 114 cm³/mol. The van der Waals surface area contributed by atoms with Crippen LogP contribution in [0.4, 0.5) is 5.95 Å². The number of amides is 1. The van der Waals surface area contributed by atoms with Crippen LogP contribution in [0.1, 0.15) is 72.6 Å². The van der Waals surface area contributed by atoms with E-state index in [1.807, 2.05) is 45.1 Å². The SMILES string of the molecule is Cc1nc(N(C)C2CCCCC2)ncc1[C@H](C)NC(=O)c1ccc(CN(C)C)o1. The van der Waals surface area contributed by atoms with Crippen molar-refractivity contribution in [1.29, 1.82) is 0 Å². The molecule has 2 aromatic heterocycles. The van der Waals surface area contributed by atoms with E-state index in [-0.39, 0.29) is 11.9 Å². The molecule has 0 aromatic carbocycles. The van der Waals surface area contributed by atoms with Crippen LogP contribution in [0.5, 0.6) is 0 Å². The van der Waals surface area contributed by atoms with Crippen LogP contribution in [-0.4, -0.2) is 48.0 Å². The van der Waals surface area contributed by atoms with Gasteiger partial charge in [-0.25, -0.2) is 9.97 Å². The van der Waals surface area contributed by atoms with E-state index >= 15 is 0 Å². The number of nitrogens with one attached hydrogen (secondary N) is 1. The monoisotopic (exact) mass is 399 g/mol. The van der Waals surface area contributed by atoms with Crippen LogP contribution >= 0.6 is 0 Å². The molecule has 0 aliphatic heterocycles. The van der Waals surface area contributed by atoms with Gasteiger partial charge in [0.25, 0.3) is 5.91 Å². The topological polar surface area (TPSA) is 74.5 Å². The third-order valence-electron chi connectivity index (χ3n) is 5.61. The zero-order valence-electron chi connectivity index (χ0n) is 18.2. The number of aromatic nitrogens is 2. The molecule has 1 amide bonds. The molecule has 29 heavy (non-hydrogen) atoms. The van der Waals surface area contributed by atoms with Crippen molar-refractivity contribution in [2.24, 2.45) is 0 Å². The molecular formula is C22H33N5O2. The van der Waals surface area contributed by atoms with Gasteiger partial charge in [0.2, 0.25) is 5.95 Å². The third kappa shape index (κ3) is 5.35. The Balaban J connectivity index is 1.65. The summed E-state index contributed by atoms with van der Waals surface area (Å²) >= 11 is 0. The fourth-order valence-corrected chi connectivity index (χ4v) is 3.93. The maximum absolute atomic E-state index is 12.6. The normalized spacial score (nSPS) is 16.1. The largest absolute Gasteiger partial charge is 0.455 e. The molecule has 2 heterocycles. The molecule has 0 saturated heterocycles. The van der Waals surface area contributed by atoms with Crippen molar-refractivity contribution in [2.75, 3.05) is 26.0 Å². The highest BCUT2D eigenvalue weighted by atomic mass is 16.4. The Morgan fingerprint density at radius 1 is 1.24 bits per heavy atom. The van der Waals surface area contributed by atoms with Crippen LogP contribution in [0.25, 0.3) is 0 Å². The van der Waals surface area contributed by atoms with Crippen molar-refractivity contribution < 1.29 is 9.21 Å². The van der Waals surface area contributed by atoms with E-state index in [2.05, 4.69) is 22.2 Å². The fraction of sp³-hybridized carbons (Fsp3) is 0.591. The molecule has 0 radical (unpaired) electrons. The van der Waals surface area contributed by atoms with Gasteiger partial charge in [0.15, 0.2) is 5.76 Å². The maximum Gasteiger partial charge on any atom is 0.287 e. The van der Waals surface area contributed by atoms with E-state index < -0.39 is 0 Å². The van der Waals surface area contributed by atoms with Gasteiger partial charge in [0, 0.05) is 30.5 Å². The Bertz CT molecular complexity index is 826. The van der Waals surface area contributed by atoms with Gasteiger partial charge in [0.05, 0.1) is 12.6 Å². The molecule has 0 spiro atoms. The number of aryl methyl sites for hydroxylation is 1. The number of rotatable bonds is 7. The molecule has 158 valence electrons. The zero-order chi connectivity index (χ0) is 21.0. The average molecular weight is 400 g/mol. The number of furan rings is 1. The summed E-state index contributed by atoms with van der Waals surface area (Å²) in [6.45, 7) is 4.57. The van der Waals surface area contributed by atoms with Gasteiger partial charge < -0.3 is 19.5 Å². The molecule has 7 heteroatoms. The van der Waals surface area contributed by atoms with Crippen LogP contribution in [0.2, 0.25) is 0 Å². The molecule has 0 unspecified atom stereocenters. The third-order valence-corrected chi connectivity index (χ3v) is 5.61. The molecule has 0 bridgehead atoms. The Morgan fingerprint density at radius 3 is 2.62 bits per heavy atom. The van der Waals surface area contributed by atoms with Crippen LogP contribution in [0.3, 0.4) is 0 Å². The van der Waals surface area contributed by atoms with Crippen molar-refractivity contribution >= 4 is 11.9 Å². The van der Waals surface area contributed by atoms with E-state index in [0.717, 1.165) is 23.0 Å². The highest BCUT2D eigenvalue weighted by molar-refractivity contribution is 5.91. The lowest BCUT2D eigenvalue weighted by Crippen LogP contribution is -2.35. The number of hydrogen-bond acceptors (Lipinski definition) is 6. The number of hydrogen-bond donors (Lipinski definition) is 1. The van der Waals surface area contributed by atoms with Gasteiger partial charge in [-0.15, -0.1) is 0 Å². The summed E-state index contributed by atoms with van der Waals surface area (Å²) in [7, 11) is 6.00. The summed E-state index contributed by atoms with van der Waals surface area (Å²) in [4.78, 5) is 26.1. The molecule has 1 saturated carbocycles. The minimum absolute atomic E-state index is 0.209. The molecule has 2 aromatic rings. The first kappa shape index (κ1) is 21.3. The quantitative estimate of drug-likeness (QED) is 0.765. The lowest BCUT2D eigenvalue weighted by molar-refractivity contribution is 0.0908. The zero-order valence-corrected chi connectivity index (χ0v) is 18.2. The van der Waals surface area contributed by atoms with Crippen LogP contribution in [0, 0.1) is 6.92 Å². The molecule has 3 rings (SSSR count). The minimum atomic E-state index is -0.231. The molecule has 1 aliphatic rings. The van der Waals surface area contributed by atoms with Crippen molar-refractivity contribution in [3.05, 3.63) is 41.1 Å². The van der Waals surface area contributed by atoms with E-state index in [1.165, 1.54) is 32.1 Å². The van der Waals surface area contributed by atoms with Crippen molar-refractivity contribution in [3.8, 4) is 0 Å². The first-order valence-electron chi connectivity index (χ1n) is 10.5. The van der Waals surface area contributed by atoms with Gasteiger partial charge in [-0.2, -0.15) is 0 Å².